The molecule has 0 unspecified atom stereocenters. The van der Waals surface area contributed by atoms with Crippen LogP contribution in [-0.4, -0.2) is 64.9 Å². The normalized spacial score (nSPS) is 16.9. The summed E-state index contributed by atoms with van der Waals surface area (Å²) < 4.78 is 40.6. The van der Waals surface area contributed by atoms with Gasteiger partial charge in [0, 0.05) is 41.0 Å². The van der Waals surface area contributed by atoms with Gasteiger partial charge >= 0.3 is 0 Å². The number of ether oxygens (including phenoxy) is 2. The van der Waals surface area contributed by atoms with Gasteiger partial charge in [0.25, 0.3) is 5.91 Å². The van der Waals surface area contributed by atoms with E-state index < -0.39 is 11.6 Å². The molecule has 1 aromatic heterocycles. The van der Waals surface area contributed by atoms with Crippen molar-refractivity contribution in [1.29, 1.82) is 0 Å². The molecule has 250 valence electrons. The summed E-state index contributed by atoms with van der Waals surface area (Å²) in [5.41, 5.74) is 4.18. The number of hydrogen-bond donors (Lipinski definition) is 4. The summed E-state index contributed by atoms with van der Waals surface area (Å²) in [5, 5.41) is 23.9. The standard InChI is InChI=1S/C34H31F2N7O3.2ClH/c35-29-7-4-21(16-30(29)36)27-15-23(5-8-31(27)45-25-10-12-37-18-25)34(44)39-24-6-9-32(46-26-11-13-38-19-26)28(17-24)20-2-1-3-22(14-20)33-40-42-43-41-33;;/h1-9,14-17,25-26,37-38H,10-13,18-19H2,(H,39,44)(H,40,41,42,43);2*1H/t25-,26+;;/m0../s1. The third kappa shape index (κ3) is 7.74. The van der Waals surface area contributed by atoms with Gasteiger partial charge in [-0.25, -0.2) is 8.78 Å². The predicted octanol–water partition coefficient (Wildman–Crippen LogP) is 6.06. The number of H-pyrrole nitrogens is 1. The number of aromatic nitrogens is 4. The van der Waals surface area contributed by atoms with Crippen LogP contribution < -0.4 is 25.4 Å². The number of hydrogen-bond acceptors (Lipinski definition) is 8. The SMILES string of the molecule is Cl.Cl.O=C(Nc1ccc(O[C@@H]2CCNC2)c(-c2cccc(-c3nn[nH]n3)c2)c1)c1ccc(O[C@H]2CCNC2)c(-c2ccc(F)c(F)c2)c1. The molecule has 3 heterocycles. The molecule has 2 fully saturated rings. The predicted molar refractivity (Wildman–Crippen MR) is 183 cm³/mol. The fourth-order valence-electron chi connectivity index (χ4n) is 5.73. The van der Waals surface area contributed by atoms with Gasteiger partial charge in [-0.3, -0.25) is 4.79 Å². The molecule has 0 spiro atoms. The number of nitrogens with one attached hydrogen (secondary N) is 4. The second-order valence-electron chi connectivity index (χ2n) is 11.3. The van der Waals surface area contributed by atoms with Crippen LogP contribution in [0.25, 0.3) is 33.6 Å². The summed E-state index contributed by atoms with van der Waals surface area (Å²) in [6, 6.07) is 21.9. The first-order valence-corrected chi connectivity index (χ1v) is 15.1. The van der Waals surface area contributed by atoms with Gasteiger partial charge in [0.15, 0.2) is 11.6 Å². The Morgan fingerprint density at radius 2 is 1.42 bits per heavy atom. The third-order valence-corrected chi connectivity index (χ3v) is 8.10. The molecule has 2 aliphatic rings. The Balaban J connectivity index is 0.00000225. The number of anilines is 1. The van der Waals surface area contributed by atoms with Crippen molar-refractivity contribution in [3.05, 3.63) is 96.1 Å². The Hall–Kier alpha value is -4.62. The number of nitrogens with zero attached hydrogens (tertiary/aromatic N) is 3. The fourth-order valence-corrected chi connectivity index (χ4v) is 5.73. The number of amides is 1. The monoisotopic (exact) mass is 695 g/mol. The van der Waals surface area contributed by atoms with Crippen LogP contribution in [0.1, 0.15) is 23.2 Å². The Bertz CT molecular complexity index is 1870. The van der Waals surface area contributed by atoms with E-state index >= 15 is 0 Å². The molecule has 4 N–H and O–H groups in total. The first kappa shape index (κ1) is 34.7. The van der Waals surface area contributed by atoms with Crippen molar-refractivity contribution in [2.24, 2.45) is 0 Å². The van der Waals surface area contributed by atoms with E-state index in [1.54, 1.807) is 24.3 Å². The van der Waals surface area contributed by atoms with Crippen LogP contribution in [0.3, 0.4) is 0 Å². The average Bonchev–Trinajstić information content (AvgIpc) is 3.89. The van der Waals surface area contributed by atoms with Crippen LogP contribution in [0.5, 0.6) is 11.5 Å². The molecule has 14 heteroatoms. The molecule has 2 atom stereocenters. The van der Waals surface area contributed by atoms with E-state index in [1.165, 1.54) is 6.07 Å². The van der Waals surface area contributed by atoms with Crippen molar-refractivity contribution in [2.75, 3.05) is 31.5 Å². The lowest BCUT2D eigenvalue weighted by Gasteiger charge is -2.19. The Kier molecular flexibility index (Phi) is 11.2. The van der Waals surface area contributed by atoms with Crippen LogP contribution in [0, 0.1) is 11.6 Å². The van der Waals surface area contributed by atoms with E-state index in [0.29, 0.717) is 46.2 Å². The molecular formula is C34H33Cl2F2N7O3. The molecule has 1 amide bonds. The molecule has 7 rings (SSSR count). The quantitative estimate of drug-likeness (QED) is 0.147. The van der Waals surface area contributed by atoms with Gasteiger partial charge in [0.05, 0.1) is 0 Å². The largest absolute Gasteiger partial charge is 0.488 e. The van der Waals surface area contributed by atoms with Gasteiger partial charge < -0.3 is 25.4 Å². The zero-order valence-corrected chi connectivity index (χ0v) is 27.2. The minimum atomic E-state index is -0.979. The number of rotatable bonds is 9. The average molecular weight is 697 g/mol. The molecule has 48 heavy (non-hydrogen) atoms. The number of tetrazole rings is 1. The molecule has 4 aromatic carbocycles. The van der Waals surface area contributed by atoms with Crippen molar-refractivity contribution in [3.63, 3.8) is 0 Å². The van der Waals surface area contributed by atoms with Crippen molar-refractivity contribution in [1.82, 2.24) is 31.3 Å². The smallest absolute Gasteiger partial charge is 0.255 e. The molecule has 10 nitrogen and oxygen atoms in total. The summed E-state index contributed by atoms with van der Waals surface area (Å²) in [4.78, 5) is 13.6. The highest BCUT2D eigenvalue weighted by molar-refractivity contribution is 6.05. The van der Waals surface area contributed by atoms with Crippen molar-refractivity contribution < 1.29 is 23.0 Å². The highest BCUT2D eigenvalue weighted by atomic mass is 35.5. The van der Waals surface area contributed by atoms with Crippen molar-refractivity contribution in [2.45, 2.75) is 25.0 Å². The molecule has 2 aliphatic heterocycles. The van der Waals surface area contributed by atoms with Gasteiger partial charge in [-0.1, -0.05) is 24.3 Å². The van der Waals surface area contributed by atoms with Gasteiger partial charge in [0.1, 0.15) is 23.7 Å². The van der Waals surface area contributed by atoms with E-state index in [-0.39, 0.29) is 42.9 Å². The lowest BCUT2D eigenvalue weighted by atomic mass is 10.00. The molecule has 0 aliphatic carbocycles. The van der Waals surface area contributed by atoms with Crippen LogP contribution in [-0.2, 0) is 0 Å². The maximum Gasteiger partial charge on any atom is 0.255 e. The lowest BCUT2D eigenvalue weighted by molar-refractivity contribution is 0.102. The van der Waals surface area contributed by atoms with Gasteiger partial charge in [-0.2, -0.15) is 5.21 Å². The molecular weight excluding hydrogens is 663 g/mol. The molecule has 0 saturated carbocycles. The van der Waals surface area contributed by atoms with Gasteiger partial charge in [0.2, 0.25) is 5.82 Å². The third-order valence-electron chi connectivity index (χ3n) is 8.10. The van der Waals surface area contributed by atoms with E-state index in [4.69, 9.17) is 9.47 Å². The number of carbonyl (C=O) groups excluding carboxylic acids is 1. The summed E-state index contributed by atoms with van der Waals surface area (Å²) >= 11 is 0. The zero-order chi connectivity index (χ0) is 31.5. The molecule has 2 saturated heterocycles. The lowest BCUT2D eigenvalue weighted by Crippen LogP contribution is -2.20. The maximum atomic E-state index is 14.3. The first-order chi connectivity index (χ1) is 22.5. The topological polar surface area (TPSA) is 126 Å². The Morgan fingerprint density at radius 3 is 2.06 bits per heavy atom. The summed E-state index contributed by atoms with van der Waals surface area (Å²) in [6.45, 7) is 3.14. The molecule has 5 aromatic rings. The van der Waals surface area contributed by atoms with Crippen molar-refractivity contribution in [3.8, 4) is 45.1 Å². The molecule has 0 bridgehead atoms. The van der Waals surface area contributed by atoms with Crippen LogP contribution in [0.2, 0.25) is 0 Å². The summed E-state index contributed by atoms with van der Waals surface area (Å²) in [5.74, 6) is -0.674. The second kappa shape index (κ2) is 15.5. The number of halogens is 4. The highest BCUT2D eigenvalue weighted by Gasteiger charge is 2.22. The number of carbonyl (C=O) groups is 1. The van der Waals surface area contributed by atoms with Crippen molar-refractivity contribution >= 4 is 36.4 Å². The minimum absolute atomic E-state index is 0. The maximum absolute atomic E-state index is 14.3. The van der Waals surface area contributed by atoms with E-state index in [0.717, 1.165) is 61.3 Å². The Morgan fingerprint density at radius 1 is 0.750 bits per heavy atom. The van der Waals surface area contributed by atoms with Crippen LogP contribution in [0.15, 0.2) is 78.9 Å². The fraction of sp³-hybridized carbons (Fsp3) is 0.235. The van der Waals surface area contributed by atoms with E-state index in [9.17, 15) is 13.6 Å². The number of benzene rings is 4. The van der Waals surface area contributed by atoms with E-state index in [2.05, 4.69) is 36.6 Å². The first-order valence-electron chi connectivity index (χ1n) is 15.1. The van der Waals surface area contributed by atoms with Crippen LogP contribution >= 0.6 is 24.8 Å². The van der Waals surface area contributed by atoms with Crippen LogP contribution in [0.4, 0.5) is 14.5 Å². The summed E-state index contributed by atoms with van der Waals surface area (Å²) in [6.07, 6.45) is 1.66. The van der Waals surface area contributed by atoms with Gasteiger partial charge in [-0.05, 0) is 96.9 Å². The van der Waals surface area contributed by atoms with Gasteiger partial charge in [-0.15, -0.1) is 35.0 Å². The summed E-state index contributed by atoms with van der Waals surface area (Å²) in [7, 11) is 0. The minimum Gasteiger partial charge on any atom is -0.488 e. The highest BCUT2D eigenvalue weighted by Crippen LogP contribution is 2.37. The zero-order valence-electron chi connectivity index (χ0n) is 25.5. The number of aromatic amines is 1. The Labute approximate surface area is 287 Å². The molecule has 0 radical (unpaired) electrons. The van der Waals surface area contributed by atoms with E-state index in [1.807, 2.05) is 36.4 Å². The second-order valence-corrected chi connectivity index (χ2v) is 11.3.